The molecule has 0 aliphatic heterocycles. The first-order valence-electron chi connectivity index (χ1n) is 14.4. The van der Waals surface area contributed by atoms with E-state index >= 15 is 0 Å². The standard InChI is InChI=1S/C41H25N/c1-2-7-28-21-38-25-42-41(24-37(38)19-27(28)6-1)34-14-12-32-17-31-11-10-29(20-35(31)23-36(32)22-34)30-15-16-40-33(18-30)13-9-26-5-3-4-8-39(26)40/h1-25H. The molecule has 8 aromatic carbocycles. The molecule has 0 fully saturated rings. The zero-order valence-electron chi connectivity index (χ0n) is 22.9. The molecular formula is C41H25N. The van der Waals surface area contributed by atoms with Crippen molar-refractivity contribution >= 4 is 64.6 Å². The van der Waals surface area contributed by atoms with Crippen molar-refractivity contribution in [3.8, 4) is 22.4 Å². The Kier molecular flexibility index (Phi) is 4.97. The first-order chi connectivity index (χ1) is 20.7. The van der Waals surface area contributed by atoms with Crippen LogP contribution in [0, 0.1) is 0 Å². The smallest absolute Gasteiger partial charge is 0.0708 e. The predicted molar refractivity (Wildman–Crippen MR) is 180 cm³/mol. The maximum atomic E-state index is 4.85. The molecule has 0 atom stereocenters. The summed E-state index contributed by atoms with van der Waals surface area (Å²) in [6.07, 6.45) is 2.00. The number of hydrogen-bond acceptors (Lipinski definition) is 1. The van der Waals surface area contributed by atoms with Crippen LogP contribution in [0.2, 0.25) is 0 Å². The number of rotatable bonds is 2. The fourth-order valence-corrected chi connectivity index (χ4v) is 6.52. The molecule has 0 aliphatic rings. The van der Waals surface area contributed by atoms with Gasteiger partial charge in [-0.1, -0.05) is 97.1 Å². The molecule has 0 N–H and O–H groups in total. The minimum Gasteiger partial charge on any atom is -0.256 e. The van der Waals surface area contributed by atoms with Gasteiger partial charge >= 0.3 is 0 Å². The molecule has 194 valence electrons. The molecule has 1 heteroatoms. The van der Waals surface area contributed by atoms with E-state index in [1.54, 1.807) is 0 Å². The molecule has 1 heterocycles. The van der Waals surface area contributed by atoms with Crippen molar-refractivity contribution < 1.29 is 0 Å². The summed E-state index contributed by atoms with van der Waals surface area (Å²) in [5.41, 5.74) is 4.60. The van der Waals surface area contributed by atoms with E-state index in [2.05, 4.69) is 146 Å². The van der Waals surface area contributed by atoms with Gasteiger partial charge in [-0.05, 0) is 119 Å². The van der Waals surface area contributed by atoms with Crippen LogP contribution in [-0.4, -0.2) is 4.98 Å². The van der Waals surface area contributed by atoms with Crippen molar-refractivity contribution in [1.82, 2.24) is 4.98 Å². The van der Waals surface area contributed by atoms with Crippen LogP contribution in [0.25, 0.3) is 87.0 Å². The molecule has 0 radical (unpaired) electrons. The van der Waals surface area contributed by atoms with Gasteiger partial charge in [0.2, 0.25) is 0 Å². The van der Waals surface area contributed by atoms with Gasteiger partial charge in [-0.3, -0.25) is 4.98 Å². The second kappa shape index (κ2) is 8.99. The van der Waals surface area contributed by atoms with Crippen LogP contribution in [0.1, 0.15) is 0 Å². The third-order valence-corrected chi connectivity index (χ3v) is 8.76. The van der Waals surface area contributed by atoms with E-state index in [0.717, 1.165) is 11.3 Å². The highest BCUT2D eigenvalue weighted by atomic mass is 14.7. The average Bonchev–Trinajstić information content (AvgIpc) is 3.05. The van der Waals surface area contributed by atoms with Crippen molar-refractivity contribution in [3.63, 3.8) is 0 Å². The third-order valence-electron chi connectivity index (χ3n) is 8.76. The highest BCUT2D eigenvalue weighted by molar-refractivity contribution is 6.09. The van der Waals surface area contributed by atoms with Crippen LogP contribution >= 0.6 is 0 Å². The monoisotopic (exact) mass is 531 g/mol. The number of hydrogen-bond donors (Lipinski definition) is 0. The Bertz CT molecular complexity index is 2450. The highest BCUT2D eigenvalue weighted by Gasteiger charge is 2.08. The van der Waals surface area contributed by atoms with Gasteiger partial charge in [-0.15, -0.1) is 0 Å². The van der Waals surface area contributed by atoms with Gasteiger partial charge in [0.1, 0.15) is 0 Å². The second-order valence-electron chi connectivity index (χ2n) is 11.3. The van der Waals surface area contributed by atoms with E-state index in [0.29, 0.717) is 0 Å². The summed E-state index contributed by atoms with van der Waals surface area (Å²) in [4.78, 5) is 4.85. The normalized spacial score (nSPS) is 11.8. The summed E-state index contributed by atoms with van der Waals surface area (Å²) < 4.78 is 0. The zero-order chi connectivity index (χ0) is 27.6. The molecule has 1 aromatic heterocycles. The Morgan fingerprint density at radius 3 is 1.57 bits per heavy atom. The lowest BCUT2D eigenvalue weighted by Crippen LogP contribution is -1.86. The SMILES string of the molecule is c1ccc2cc3cc(-c4ccc5cc6ccc(-c7ccc8c(ccc9ccccc98)c7)cc6cc5c4)ncc3cc2c1. The molecule has 9 rings (SSSR count). The van der Waals surface area contributed by atoms with Crippen LogP contribution in [0.4, 0.5) is 0 Å². The lowest BCUT2D eigenvalue weighted by Gasteiger charge is -2.10. The van der Waals surface area contributed by atoms with Crippen molar-refractivity contribution in [2.24, 2.45) is 0 Å². The van der Waals surface area contributed by atoms with Crippen molar-refractivity contribution in [3.05, 3.63) is 152 Å². The topological polar surface area (TPSA) is 12.9 Å². The van der Waals surface area contributed by atoms with E-state index in [1.807, 2.05) is 6.20 Å². The quantitative estimate of drug-likeness (QED) is 0.160. The molecule has 9 aromatic rings. The molecule has 0 saturated carbocycles. The van der Waals surface area contributed by atoms with Gasteiger partial charge in [0.15, 0.2) is 0 Å². The van der Waals surface area contributed by atoms with Crippen LogP contribution in [0.5, 0.6) is 0 Å². The summed E-state index contributed by atoms with van der Waals surface area (Å²) in [6.45, 7) is 0. The van der Waals surface area contributed by atoms with E-state index in [4.69, 9.17) is 4.98 Å². The summed E-state index contributed by atoms with van der Waals surface area (Å²) in [7, 11) is 0. The van der Waals surface area contributed by atoms with Gasteiger partial charge in [0.25, 0.3) is 0 Å². The molecule has 0 saturated heterocycles. The number of aromatic nitrogens is 1. The molecular weight excluding hydrogens is 506 g/mol. The molecule has 0 unspecified atom stereocenters. The fraction of sp³-hybridized carbons (Fsp3) is 0. The Morgan fingerprint density at radius 2 is 0.762 bits per heavy atom. The largest absolute Gasteiger partial charge is 0.256 e. The lowest BCUT2D eigenvalue weighted by atomic mass is 9.95. The molecule has 0 amide bonds. The minimum absolute atomic E-state index is 0.997. The summed E-state index contributed by atoms with van der Waals surface area (Å²) in [5.74, 6) is 0. The van der Waals surface area contributed by atoms with Crippen LogP contribution in [0.15, 0.2) is 152 Å². The first kappa shape index (κ1) is 23.2. The molecule has 42 heavy (non-hydrogen) atoms. The van der Waals surface area contributed by atoms with E-state index in [1.165, 1.54) is 75.8 Å². The van der Waals surface area contributed by atoms with E-state index in [9.17, 15) is 0 Å². The van der Waals surface area contributed by atoms with Crippen molar-refractivity contribution in [2.45, 2.75) is 0 Å². The molecule has 0 aliphatic carbocycles. The Balaban J connectivity index is 1.13. The Labute approximate surface area is 243 Å². The Morgan fingerprint density at radius 1 is 0.286 bits per heavy atom. The van der Waals surface area contributed by atoms with Crippen LogP contribution < -0.4 is 0 Å². The van der Waals surface area contributed by atoms with Gasteiger partial charge in [-0.25, -0.2) is 0 Å². The lowest BCUT2D eigenvalue weighted by molar-refractivity contribution is 1.36. The third kappa shape index (κ3) is 3.75. The predicted octanol–water partition coefficient (Wildman–Crippen LogP) is 11.3. The summed E-state index contributed by atoms with van der Waals surface area (Å²) >= 11 is 0. The van der Waals surface area contributed by atoms with Crippen molar-refractivity contribution in [2.75, 3.05) is 0 Å². The number of fused-ring (bicyclic) bond motifs is 7. The average molecular weight is 532 g/mol. The minimum atomic E-state index is 0.997. The summed E-state index contributed by atoms with van der Waals surface area (Å²) in [5, 5.41) is 15.0. The van der Waals surface area contributed by atoms with Gasteiger partial charge in [0.05, 0.1) is 5.69 Å². The Hall–Kier alpha value is -5.53. The maximum absolute atomic E-state index is 4.85. The molecule has 0 spiro atoms. The first-order valence-corrected chi connectivity index (χ1v) is 14.4. The summed E-state index contributed by atoms with van der Waals surface area (Å²) in [6, 6.07) is 53.2. The van der Waals surface area contributed by atoms with E-state index in [-0.39, 0.29) is 0 Å². The van der Waals surface area contributed by atoms with Crippen molar-refractivity contribution in [1.29, 1.82) is 0 Å². The molecule has 0 bridgehead atoms. The molecule has 1 nitrogen and oxygen atoms in total. The maximum Gasteiger partial charge on any atom is 0.0708 e. The number of nitrogens with zero attached hydrogens (tertiary/aromatic N) is 1. The number of pyridine rings is 1. The van der Waals surface area contributed by atoms with Gasteiger partial charge in [-0.2, -0.15) is 0 Å². The van der Waals surface area contributed by atoms with E-state index < -0.39 is 0 Å². The zero-order valence-corrected chi connectivity index (χ0v) is 22.9. The van der Waals surface area contributed by atoms with Crippen LogP contribution in [0.3, 0.4) is 0 Å². The highest BCUT2D eigenvalue weighted by Crippen LogP contribution is 2.34. The fourth-order valence-electron chi connectivity index (χ4n) is 6.52. The second-order valence-corrected chi connectivity index (χ2v) is 11.3. The van der Waals surface area contributed by atoms with Gasteiger partial charge in [0, 0.05) is 17.1 Å². The van der Waals surface area contributed by atoms with Gasteiger partial charge < -0.3 is 0 Å². The number of benzene rings is 8. The van der Waals surface area contributed by atoms with Crippen LogP contribution in [-0.2, 0) is 0 Å².